The third-order valence-corrected chi connectivity index (χ3v) is 3.02. The number of carbonyl (C=O) groups is 2. The van der Waals surface area contributed by atoms with Crippen molar-refractivity contribution >= 4 is 17.9 Å². The van der Waals surface area contributed by atoms with E-state index < -0.39 is 0 Å². The molecule has 120 valence electrons. The van der Waals surface area contributed by atoms with E-state index in [-0.39, 0.29) is 23.6 Å². The van der Waals surface area contributed by atoms with Crippen molar-refractivity contribution in [3.63, 3.8) is 0 Å². The molecule has 2 rings (SSSR count). The van der Waals surface area contributed by atoms with Gasteiger partial charge in [0.1, 0.15) is 11.5 Å². The van der Waals surface area contributed by atoms with Gasteiger partial charge in [-0.05, 0) is 45.0 Å². The zero-order valence-electron chi connectivity index (χ0n) is 13.4. The maximum Gasteiger partial charge on any atom is 0.268 e. The normalized spacial score (nSPS) is 11.4. The first kappa shape index (κ1) is 16.5. The summed E-state index contributed by atoms with van der Waals surface area (Å²) >= 11 is 0. The van der Waals surface area contributed by atoms with Crippen molar-refractivity contribution in [2.45, 2.75) is 26.8 Å². The summed E-state index contributed by atoms with van der Waals surface area (Å²) in [6, 6.07) is 10.6. The molecular formula is C18H20N2O3. The van der Waals surface area contributed by atoms with Crippen molar-refractivity contribution < 1.29 is 14.0 Å². The van der Waals surface area contributed by atoms with Gasteiger partial charge in [-0.15, -0.1) is 0 Å². The maximum absolute atomic E-state index is 12.4. The SMILES string of the molecule is Cc1cccc(C(=O)N/C(=C\c2ccco2)C(=O)NC(C)C)c1. The molecule has 0 aliphatic carbocycles. The molecule has 0 saturated heterocycles. The minimum atomic E-state index is -0.364. The quantitative estimate of drug-likeness (QED) is 0.834. The van der Waals surface area contributed by atoms with E-state index in [9.17, 15) is 9.59 Å². The Labute approximate surface area is 135 Å². The van der Waals surface area contributed by atoms with Crippen LogP contribution in [0.25, 0.3) is 6.08 Å². The second-order valence-corrected chi connectivity index (χ2v) is 5.53. The van der Waals surface area contributed by atoms with Gasteiger partial charge in [0.2, 0.25) is 0 Å². The van der Waals surface area contributed by atoms with Crippen LogP contribution in [-0.4, -0.2) is 17.9 Å². The van der Waals surface area contributed by atoms with Crippen LogP contribution in [0.4, 0.5) is 0 Å². The molecule has 0 unspecified atom stereocenters. The number of hydrogen-bond donors (Lipinski definition) is 2. The van der Waals surface area contributed by atoms with Crippen LogP contribution in [0.15, 0.2) is 52.8 Å². The Morgan fingerprint density at radius 1 is 1.17 bits per heavy atom. The maximum atomic E-state index is 12.4. The fraction of sp³-hybridized carbons (Fsp3) is 0.222. The van der Waals surface area contributed by atoms with Crippen molar-refractivity contribution in [1.82, 2.24) is 10.6 Å². The van der Waals surface area contributed by atoms with Gasteiger partial charge >= 0.3 is 0 Å². The zero-order chi connectivity index (χ0) is 16.8. The lowest BCUT2D eigenvalue weighted by molar-refractivity contribution is -0.118. The highest BCUT2D eigenvalue weighted by Crippen LogP contribution is 2.09. The average Bonchev–Trinajstić information content (AvgIpc) is 2.98. The van der Waals surface area contributed by atoms with Gasteiger partial charge in [-0.3, -0.25) is 9.59 Å². The molecule has 2 N–H and O–H groups in total. The summed E-state index contributed by atoms with van der Waals surface area (Å²) in [6.07, 6.45) is 3.01. The van der Waals surface area contributed by atoms with Crippen molar-refractivity contribution in [3.8, 4) is 0 Å². The monoisotopic (exact) mass is 312 g/mol. The largest absolute Gasteiger partial charge is 0.465 e. The lowest BCUT2D eigenvalue weighted by Crippen LogP contribution is -2.38. The van der Waals surface area contributed by atoms with Gasteiger partial charge in [0.05, 0.1) is 6.26 Å². The van der Waals surface area contributed by atoms with Crippen LogP contribution in [-0.2, 0) is 4.79 Å². The highest BCUT2D eigenvalue weighted by Gasteiger charge is 2.16. The molecule has 1 aromatic carbocycles. The predicted molar refractivity (Wildman–Crippen MR) is 88.6 cm³/mol. The summed E-state index contributed by atoms with van der Waals surface area (Å²) < 4.78 is 5.22. The standard InChI is InChI=1S/C18H20N2O3/c1-12(2)19-18(22)16(11-15-8-5-9-23-15)20-17(21)14-7-4-6-13(3)10-14/h4-12H,1-3H3,(H,19,22)(H,20,21)/b16-11-. The first-order valence-electron chi connectivity index (χ1n) is 7.40. The molecule has 2 aromatic rings. The number of furan rings is 1. The molecule has 0 saturated carbocycles. The second-order valence-electron chi connectivity index (χ2n) is 5.53. The van der Waals surface area contributed by atoms with E-state index in [4.69, 9.17) is 4.42 Å². The summed E-state index contributed by atoms with van der Waals surface area (Å²) in [5.41, 5.74) is 1.61. The molecule has 0 atom stereocenters. The number of nitrogens with one attached hydrogen (secondary N) is 2. The van der Waals surface area contributed by atoms with Crippen LogP contribution in [0.3, 0.4) is 0 Å². The Balaban J connectivity index is 2.24. The molecule has 1 heterocycles. The van der Waals surface area contributed by atoms with Crippen molar-refractivity contribution in [2.75, 3.05) is 0 Å². The van der Waals surface area contributed by atoms with Gasteiger partial charge in [0, 0.05) is 17.7 Å². The summed E-state index contributed by atoms with van der Waals surface area (Å²) in [7, 11) is 0. The van der Waals surface area contributed by atoms with E-state index in [2.05, 4.69) is 10.6 Å². The van der Waals surface area contributed by atoms with Crippen molar-refractivity contribution in [1.29, 1.82) is 0 Å². The van der Waals surface area contributed by atoms with E-state index in [0.717, 1.165) is 5.56 Å². The van der Waals surface area contributed by atoms with E-state index in [0.29, 0.717) is 11.3 Å². The Morgan fingerprint density at radius 3 is 2.57 bits per heavy atom. The first-order chi connectivity index (χ1) is 11.0. The lowest BCUT2D eigenvalue weighted by Gasteiger charge is -2.13. The number of hydrogen-bond acceptors (Lipinski definition) is 3. The minimum absolute atomic E-state index is 0.0432. The van der Waals surface area contributed by atoms with Gasteiger partial charge in [-0.25, -0.2) is 0 Å². The molecule has 5 nitrogen and oxygen atoms in total. The Bertz CT molecular complexity index is 716. The van der Waals surface area contributed by atoms with Crippen molar-refractivity contribution in [3.05, 3.63) is 65.2 Å². The van der Waals surface area contributed by atoms with Crippen LogP contribution in [0.1, 0.15) is 35.5 Å². The molecule has 0 aliphatic heterocycles. The summed E-state index contributed by atoms with van der Waals surface area (Å²) in [6.45, 7) is 5.61. The average molecular weight is 312 g/mol. The molecule has 0 aliphatic rings. The third-order valence-electron chi connectivity index (χ3n) is 3.02. The van der Waals surface area contributed by atoms with Crippen molar-refractivity contribution in [2.24, 2.45) is 0 Å². The predicted octanol–water partition coefficient (Wildman–Crippen LogP) is 2.88. The fourth-order valence-electron chi connectivity index (χ4n) is 1.99. The van der Waals surface area contributed by atoms with E-state index in [1.54, 1.807) is 30.3 Å². The van der Waals surface area contributed by atoms with Crippen LogP contribution >= 0.6 is 0 Å². The van der Waals surface area contributed by atoms with E-state index in [1.807, 2.05) is 26.8 Å². The zero-order valence-corrected chi connectivity index (χ0v) is 13.4. The topological polar surface area (TPSA) is 71.3 Å². The molecule has 23 heavy (non-hydrogen) atoms. The number of amides is 2. The van der Waals surface area contributed by atoms with Gasteiger partial charge in [0.15, 0.2) is 0 Å². The van der Waals surface area contributed by atoms with Crippen LogP contribution in [0, 0.1) is 6.92 Å². The van der Waals surface area contributed by atoms with Gasteiger partial charge in [-0.2, -0.15) is 0 Å². The molecule has 0 spiro atoms. The summed E-state index contributed by atoms with van der Waals surface area (Å²) in [5, 5.41) is 5.41. The molecule has 0 bridgehead atoms. The molecule has 1 aromatic heterocycles. The number of aryl methyl sites for hydroxylation is 1. The minimum Gasteiger partial charge on any atom is -0.465 e. The van der Waals surface area contributed by atoms with Crippen LogP contribution < -0.4 is 10.6 Å². The van der Waals surface area contributed by atoms with Gasteiger partial charge < -0.3 is 15.1 Å². The Morgan fingerprint density at radius 2 is 1.96 bits per heavy atom. The van der Waals surface area contributed by atoms with Gasteiger partial charge in [-0.1, -0.05) is 17.7 Å². The fourth-order valence-corrected chi connectivity index (χ4v) is 1.99. The highest BCUT2D eigenvalue weighted by atomic mass is 16.3. The molecule has 0 fully saturated rings. The Kier molecular flexibility index (Phi) is 5.36. The number of benzene rings is 1. The van der Waals surface area contributed by atoms with Gasteiger partial charge in [0.25, 0.3) is 11.8 Å². The summed E-state index contributed by atoms with van der Waals surface area (Å²) in [4.78, 5) is 24.6. The number of rotatable bonds is 5. The highest BCUT2D eigenvalue weighted by molar-refractivity contribution is 6.05. The Hall–Kier alpha value is -2.82. The van der Waals surface area contributed by atoms with E-state index >= 15 is 0 Å². The molecule has 0 radical (unpaired) electrons. The van der Waals surface area contributed by atoms with Crippen LogP contribution in [0.5, 0.6) is 0 Å². The lowest BCUT2D eigenvalue weighted by atomic mass is 10.1. The smallest absolute Gasteiger partial charge is 0.268 e. The number of carbonyl (C=O) groups excluding carboxylic acids is 2. The second kappa shape index (κ2) is 7.45. The third kappa shape index (κ3) is 4.85. The van der Waals surface area contributed by atoms with Crippen LogP contribution in [0.2, 0.25) is 0 Å². The summed E-state index contributed by atoms with van der Waals surface area (Å²) in [5.74, 6) is -0.216. The molecule has 2 amide bonds. The molecular weight excluding hydrogens is 292 g/mol. The molecule has 5 heteroatoms. The van der Waals surface area contributed by atoms with E-state index in [1.165, 1.54) is 12.3 Å². The first-order valence-corrected chi connectivity index (χ1v) is 7.40.